The zero-order chi connectivity index (χ0) is 21.9. The fourth-order valence-corrected chi connectivity index (χ4v) is 3.54. The molecule has 5 rings (SSSR count). The molecule has 0 saturated carbocycles. The average molecular weight is 419 g/mol. The van der Waals surface area contributed by atoms with E-state index in [0.717, 1.165) is 22.5 Å². The first-order valence-electron chi connectivity index (χ1n) is 10.3. The van der Waals surface area contributed by atoms with Gasteiger partial charge in [-0.2, -0.15) is 0 Å². The fourth-order valence-electron chi connectivity index (χ4n) is 3.54. The number of fused-ring (bicyclic) bond motifs is 1. The first-order chi connectivity index (χ1) is 15.7. The Labute approximate surface area is 185 Å². The number of rotatable bonds is 5. The number of pyridine rings is 1. The summed E-state index contributed by atoms with van der Waals surface area (Å²) in [5.74, 6) is 0.944. The molecule has 0 spiro atoms. The molecule has 0 saturated heterocycles. The van der Waals surface area contributed by atoms with E-state index >= 15 is 0 Å². The van der Waals surface area contributed by atoms with Crippen LogP contribution >= 0.6 is 0 Å². The number of hydrogen-bond acceptors (Lipinski definition) is 3. The number of aromatic nitrogens is 2. The molecule has 0 aliphatic carbocycles. The summed E-state index contributed by atoms with van der Waals surface area (Å²) in [7, 11) is 0. The number of aryl methyl sites for hydroxylation is 1. The van der Waals surface area contributed by atoms with Crippen molar-refractivity contribution in [3.8, 4) is 22.8 Å². The second kappa shape index (κ2) is 8.40. The van der Waals surface area contributed by atoms with Gasteiger partial charge in [-0.1, -0.05) is 42.5 Å². The van der Waals surface area contributed by atoms with Crippen molar-refractivity contribution in [2.45, 2.75) is 6.92 Å². The van der Waals surface area contributed by atoms with Gasteiger partial charge in [0.15, 0.2) is 0 Å². The first kappa shape index (κ1) is 19.6. The lowest BCUT2D eigenvalue weighted by molar-refractivity contribution is 0.102. The highest BCUT2D eigenvalue weighted by molar-refractivity contribution is 6.06. The van der Waals surface area contributed by atoms with Crippen molar-refractivity contribution in [2.75, 3.05) is 5.32 Å². The monoisotopic (exact) mass is 419 g/mol. The van der Waals surface area contributed by atoms with Crippen LogP contribution < -0.4 is 10.1 Å². The Bertz CT molecular complexity index is 1410. The minimum absolute atomic E-state index is 0.237. The van der Waals surface area contributed by atoms with E-state index in [4.69, 9.17) is 9.72 Å². The molecular weight excluding hydrogens is 398 g/mol. The lowest BCUT2D eigenvalue weighted by atomic mass is 10.1. The molecule has 32 heavy (non-hydrogen) atoms. The average Bonchev–Trinajstić information content (AvgIpc) is 3.23. The molecule has 1 amide bonds. The molecule has 156 valence electrons. The molecule has 0 radical (unpaired) electrons. The van der Waals surface area contributed by atoms with Crippen molar-refractivity contribution in [1.82, 2.24) is 9.38 Å². The van der Waals surface area contributed by atoms with E-state index in [1.54, 1.807) is 12.1 Å². The summed E-state index contributed by atoms with van der Waals surface area (Å²) in [6.07, 6.45) is 3.98. The molecule has 3 aromatic carbocycles. The van der Waals surface area contributed by atoms with E-state index in [2.05, 4.69) is 5.32 Å². The molecule has 2 aromatic heterocycles. The molecular formula is C27H21N3O2. The second-order valence-corrected chi connectivity index (χ2v) is 7.54. The smallest absolute Gasteiger partial charge is 0.259 e. The Balaban J connectivity index is 1.40. The summed E-state index contributed by atoms with van der Waals surface area (Å²) >= 11 is 0. The minimum Gasteiger partial charge on any atom is -0.457 e. The highest BCUT2D eigenvalue weighted by atomic mass is 16.5. The van der Waals surface area contributed by atoms with Crippen molar-refractivity contribution >= 4 is 17.2 Å². The van der Waals surface area contributed by atoms with Gasteiger partial charge in [-0.05, 0) is 61.0 Å². The summed E-state index contributed by atoms with van der Waals surface area (Å²) in [6.45, 7) is 2.05. The van der Waals surface area contributed by atoms with Gasteiger partial charge in [0.2, 0.25) is 0 Å². The van der Waals surface area contributed by atoms with Crippen LogP contribution in [-0.4, -0.2) is 15.3 Å². The van der Waals surface area contributed by atoms with Gasteiger partial charge >= 0.3 is 0 Å². The van der Waals surface area contributed by atoms with E-state index in [-0.39, 0.29) is 5.91 Å². The van der Waals surface area contributed by atoms with E-state index in [1.807, 2.05) is 103 Å². The lowest BCUT2D eigenvalue weighted by Gasteiger charge is -2.12. The Hall–Kier alpha value is -4.38. The summed E-state index contributed by atoms with van der Waals surface area (Å²) < 4.78 is 7.92. The number of para-hydroxylation sites is 2. The number of benzene rings is 3. The van der Waals surface area contributed by atoms with Crippen molar-refractivity contribution in [2.24, 2.45) is 0 Å². The molecule has 0 aliphatic heterocycles. The first-order valence-corrected chi connectivity index (χ1v) is 10.3. The number of imidazole rings is 1. The third kappa shape index (κ3) is 4.09. The van der Waals surface area contributed by atoms with Crippen LogP contribution in [0.1, 0.15) is 15.9 Å². The van der Waals surface area contributed by atoms with Gasteiger partial charge in [0, 0.05) is 23.6 Å². The van der Waals surface area contributed by atoms with Crippen LogP contribution in [0.25, 0.3) is 16.9 Å². The summed E-state index contributed by atoms with van der Waals surface area (Å²) in [5, 5.41) is 2.98. The molecule has 2 heterocycles. The largest absolute Gasteiger partial charge is 0.457 e. The standard InChI is InChI=1S/C27H21N3O2/c1-19-14-15-30-18-24(29-26(30)16-19)20-8-7-9-21(17-20)28-27(31)23-12-5-6-13-25(23)32-22-10-3-2-4-11-22/h2-18H,1H3,(H,28,31). The third-order valence-corrected chi connectivity index (χ3v) is 5.13. The number of ether oxygens (including phenoxy) is 1. The maximum atomic E-state index is 13.0. The van der Waals surface area contributed by atoms with Crippen molar-refractivity contribution in [3.05, 3.63) is 115 Å². The third-order valence-electron chi connectivity index (χ3n) is 5.13. The van der Waals surface area contributed by atoms with Gasteiger partial charge in [0.05, 0.1) is 11.3 Å². The van der Waals surface area contributed by atoms with Gasteiger partial charge in [-0.25, -0.2) is 4.98 Å². The van der Waals surface area contributed by atoms with Gasteiger partial charge < -0.3 is 14.5 Å². The molecule has 0 atom stereocenters. The molecule has 5 nitrogen and oxygen atoms in total. The predicted molar refractivity (Wildman–Crippen MR) is 126 cm³/mol. The Morgan fingerprint density at radius 1 is 0.906 bits per heavy atom. The Kier molecular flexibility index (Phi) is 5.14. The van der Waals surface area contributed by atoms with E-state index in [9.17, 15) is 4.79 Å². The van der Waals surface area contributed by atoms with E-state index in [0.29, 0.717) is 22.7 Å². The van der Waals surface area contributed by atoms with E-state index < -0.39 is 0 Å². The van der Waals surface area contributed by atoms with Crippen molar-refractivity contribution in [1.29, 1.82) is 0 Å². The predicted octanol–water partition coefficient (Wildman–Crippen LogP) is 6.35. The van der Waals surface area contributed by atoms with Crippen LogP contribution in [0.4, 0.5) is 5.69 Å². The van der Waals surface area contributed by atoms with Crippen LogP contribution in [0.5, 0.6) is 11.5 Å². The SMILES string of the molecule is Cc1ccn2cc(-c3cccc(NC(=O)c4ccccc4Oc4ccccc4)c3)nc2c1. The van der Waals surface area contributed by atoms with Gasteiger partial charge in [0.25, 0.3) is 5.91 Å². The summed E-state index contributed by atoms with van der Waals surface area (Å²) in [6, 6.07) is 28.4. The fraction of sp³-hybridized carbons (Fsp3) is 0.0370. The van der Waals surface area contributed by atoms with Gasteiger partial charge in [0.1, 0.15) is 17.1 Å². The Morgan fingerprint density at radius 3 is 2.59 bits per heavy atom. The molecule has 0 bridgehead atoms. The molecule has 0 aliphatic rings. The van der Waals surface area contributed by atoms with Gasteiger partial charge in [-0.3, -0.25) is 4.79 Å². The second-order valence-electron chi connectivity index (χ2n) is 7.54. The normalized spacial score (nSPS) is 10.8. The number of carbonyl (C=O) groups is 1. The quantitative estimate of drug-likeness (QED) is 0.361. The van der Waals surface area contributed by atoms with Crippen molar-refractivity contribution < 1.29 is 9.53 Å². The number of nitrogens with zero attached hydrogens (tertiary/aromatic N) is 2. The number of hydrogen-bond donors (Lipinski definition) is 1. The number of carbonyl (C=O) groups excluding carboxylic acids is 1. The van der Waals surface area contributed by atoms with E-state index in [1.165, 1.54) is 0 Å². The summed E-state index contributed by atoms with van der Waals surface area (Å²) in [4.78, 5) is 17.8. The minimum atomic E-state index is -0.237. The maximum Gasteiger partial charge on any atom is 0.259 e. The topological polar surface area (TPSA) is 55.6 Å². The lowest BCUT2D eigenvalue weighted by Crippen LogP contribution is -2.13. The number of anilines is 1. The zero-order valence-electron chi connectivity index (χ0n) is 17.5. The molecule has 5 heteroatoms. The van der Waals surface area contributed by atoms with Crippen molar-refractivity contribution in [3.63, 3.8) is 0 Å². The molecule has 0 fully saturated rings. The molecule has 0 unspecified atom stereocenters. The van der Waals surface area contributed by atoms with Gasteiger partial charge in [-0.15, -0.1) is 0 Å². The number of nitrogens with one attached hydrogen (secondary N) is 1. The van der Waals surface area contributed by atoms with Crippen LogP contribution in [0.2, 0.25) is 0 Å². The number of amides is 1. The van der Waals surface area contributed by atoms with Crippen LogP contribution in [0.15, 0.2) is 103 Å². The molecule has 5 aromatic rings. The van der Waals surface area contributed by atoms with Crippen LogP contribution in [-0.2, 0) is 0 Å². The van der Waals surface area contributed by atoms with Crippen LogP contribution in [0.3, 0.4) is 0 Å². The maximum absolute atomic E-state index is 13.0. The summed E-state index contributed by atoms with van der Waals surface area (Å²) in [5.41, 5.74) is 4.98. The highest BCUT2D eigenvalue weighted by Gasteiger charge is 2.14. The molecule has 1 N–H and O–H groups in total. The highest BCUT2D eigenvalue weighted by Crippen LogP contribution is 2.27. The zero-order valence-corrected chi connectivity index (χ0v) is 17.5. The van der Waals surface area contributed by atoms with Crippen LogP contribution in [0, 0.1) is 6.92 Å². The Morgan fingerprint density at radius 2 is 1.72 bits per heavy atom.